The average molecular weight is 437 g/mol. The van der Waals surface area contributed by atoms with E-state index in [1.165, 1.54) is 6.07 Å². The van der Waals surface area contributed by atoms with Gasteiger partial charge in [-0.05, 0) is 66.3 Å². The van der Waals surface area contributed by atoms with Gasteiger partial charge < -0.3 is 14.5 Å². The lowest BCUT2D eigenvalue weighted by molar-refractivity contribution is -0.127. The topological polar surface area (TPSA) is 54.7 Å². The third-order valence-electron chi connectivity index (χ3n) is 6.13. The van der Waals surface area contributed by atoms with Gasteiger partial charge in [-0.2, -0.15) is 0 Å². The lowest BCUT2D eigenvalue weighted by Gasteiger charge is -2.37. The van der Waals surface area contributed by atoms with Crippen LogP contribution in [0, 0.1) is 18.7 Å². The van der Waals surface area contributed by atoms with Crippen LogP contribution in [0.15, 0.2) is 65.3 Å². The smallest absolute Gasteiger partial charge is 0.224 e. The Kier molecular flexibility index (Phi) is 6.90. The SMILES string of the molecule is COc1ccc(CN2CC(C(=O)NCc3ccco3)CC(c3ccc(F)c(C)c3)C2)cc1. The first-order chi connectivity index (χ1) is 15.5. The second kappa shape index (κ2) is 10.0. The fraction of sp³-hybridized carbons (Fsp3) is 0.346. The summed E-state index contributed by atoms with van der Waals surface area (Å²) in [5.74, 6) is 1.36. The Morgan fingerprint density at radius 1 is 1.19 bits per heavy atom. The van der Waals surface area contributed by atoms with E-state index in [-0.39, 0.29) is 23.6 Å². The van der Waals surface area contributed by atoms with E-state index in [0.717, 1.165) is 42.1 Å². The number of aryl methyl sites for hydroxylation is 1. The molecular weight excluding hydrogens is 407 g/mol. The molecule has 2 atom stereocenters. The number of likely N-dealkylation sites (tertiary alicyclic amines) is 1. The number of rotatable bonds is 7. The van der Waals surface area contributed by atoms with E-state index < -0.39 is 0 Å². The highest BCUT2D eigenvalue weighted by molar-refractivity contribution is 5.79. The van der Waals surface area contributed by atoms with E-state index in [1.807, 2.05) is 36.4 Å². The maximum atomic E-state index is 13.8. The molecule has 1 aliphatic heterocycles. The van der Waals surface area contributed by atoms with Gasteiger partial charge in [-0.25, -0.2) is 4.39 Å². The average Bonchev–Trinajstić information content (AvgIpc) is 3.33. The van der Waals surface area contributed by atoms with Gasteiger partial charge in [-0.1, -0.05) is 24.3 Å². The molecule has 1 fully saturated rings. The van der Waals surface area contributed by atoms with Crippen LogP contribution in [0.25, 0.3) is 0 Å². The molecule has 0 aliphatic carbocycles. The van der Waals surface area contributed by atoms with Gasteiger partial charge in [0, 0.05) is 19.6 Å². The van der Waals surface area contributed by atoms with Crippen molar-refractivity contribution in [1.29, 1.82) is 0 Å². The molecule has 0 bridgehead atoms. The summed E-state index contributed by atoms with van der Waals surface area (Å²) in [5, 5.41) is 3.01. The van der Waals surface area contributed by atoms with Gasteiger partial charge in [0.2, 0.25) is 5.91 Å². The number of piperidine rings is 1. The second-order valence-corrected chi connectivity index (χ2v) is 8.48. The number of carbonyl (C=O) groups is 1. The standard InChI is InChI=1S/C26H29FN2O3/c1-18-12-20(7-10-25(18)27)21-13-22(26(30)28-14-24-4-3-11-32-24)17-29(16-21)15-19-5-8-23(31-2)9-6-19/h3-12,21-22H,13-17H2,1-2H3,(H,28,30). The molecule has 0 spiro atoms. The number of benzene rings is 2. The van der Waals surface area contributed by atoms with Crippen LogP contribution in [0.4, 0.5) is 4.39 Å². The number of hydrogen-bond acceptors (Lipinski definition) is 4. The summed E-state index contributed by atoms with van der Waals surface area (Å²) in [6.45, 7) is 4.39. The Hall–Kier alpha value is -3.12. The van der Waals surface area contributed by atoms with Crippen LogP contribution < -0.4 is 10.1 Å². The summed E-state index contributed by atoms with van der Waals surface area (Å²) in [7, 11) is 1.65. The van der Waals surface area contributed by atoms with Gasteiger partial charge >= 0.3 is 0 Å². The summed E-state index contributed by atoms with van der Waals surface area (Å²) < 4.78 is 24.4. The zero-order valence-electron chi connectivity index (χ0n) is 18.5. The number of ether oxygens (including phenoxy) is 1. The minimum Gasteiger partial charge on any atom is -0.497 e. The van der Waals surface area contributed by atoms with E-state index in [9.17, 15) is 9.18 Å². The van der Waals surface area contributed by atoms with Crippen LogP contribution in [-0.2, 0) is 17.9 Å². The molecule has 2 heterocycles. The minimum atomic E-state index is -0.201. The van der Waals surface area contributed by atoms with Crippen molar-refractivity contribution < 1.29 is 18.3 Å². The van der Waals surface area contributed by atoms with Gasteiger partial charge in [0.05, 0.1) is 25.8 Å². The van der Waals surface area contributed by atoms with Crippen LogP contribution in [-0.4, -0.2) is 31.0 Å². The number of furan rings is 1. The van der Waals surface area contributed by atoms with Crippen molar-refractivity contribution >= 4 is 5.91 Å². The zero-order chi connectivity index (χ0) is 22.5. The third-order valence-corrected chi connectivity index (χ3v) is 6.13. The van der Waals surface area contributed by atoms with Crippen LogP contribution >= 0.6 is 0 Å². The van der Waals surface area contributed by atoms with Crippen LogP contribution in [0.3, 0.4) is 0 Å². The molecule has 2 aromatic carbocycles. The molecule has 168 valence electrons. The van der Waals surface area contributed by atoms with Crippen LogP contribution in [0.1, 0.15) is 34.8 Å². The maximum Gasteiger partial charge on any atom is 0.224 e. The molecule has 1 aliphatic rings. The summed E-state index contributed by atoms with van der Waals surface area (Å²) in [6.07, 6.45) is 2.33. The predicted molar refractivity (Wildman–Crippen MR) is 121 cm³/mol. The summed E-state index contributed by atoms with van der Waals surface area (Å²) in [6, 6.07) is 17.0. The number of nitrogens with zero attached hydrogens (tertiary/aromatic N) is 1. The van der Waals surface area contributed by atoms with Crippen LogP contribution in [0.5, 0.6) is 5.75 Å². The number of hydrogen-bond donors (Lipinski definition) is 1. The predicted octanol–water partition coefficient (Wildman–Crippen LogP) is 4.66. The van der Waals surface area contributed by atoms with Gasteiger partial charge in [-0.15, -0.1) is 0 Å². The van der Waals surface area contributed by atoms with Gasteiger partial charge in [0.1, 0.15) is 17.3 Å². The molecule has 5 nitrogen and oxygen atoms in total. The molecule has 1 amide bonds. The highest BCUT2D eigenvalue weighted by Gasteiger charge is 2.32. The Bertz CT molecular complexity index is 1030. The molecule has 1 aromatic heterocycles. The zero-order valence-corrected chi connectivity index (χ0v) is 18.5. The number of nitrogens with one attached hydrogen (secondary N) is 1. The monoisotopic (exact) mass is 436 g/mol. The molecule has 4 rings (SSSR count). The quantitative estimate of drug-likeness (QED) is 0.585. The largest absolute Gasteiger partial charge is 0.497 e. The fourth-order valence-electron chi connectivity index (χ4n) is 4.39. The molecule has 3 aromatic rings. The van der Waals surface area contributed by atoms with Crippen molar-refractivity contribution in [3.63, 3.8) is 0 Å². The normalized spacial score (nSPS) is 19.0. The Morgan fingerprint density at radius 3 is 2.69 bits per heavy atom. The number of halogens is 1. The highest BCUT2D eigenvalue weighted by Crippen LogP contribution is 2.32. The van der Waals surface area contributed by atoms with Crippen molar-refractivity contribution in [2.75, 3.05) is 20.2 Å². The Labute approximate surface area is 188 Å². The van der Waals surface area contributed by atoms with Crippen molar-refractivity contribution in [2.45, 2.75) is 32.4 Å². The summed E-state index contributed by atoms with van der Waals surface area (Å²) in [4.78, 5) is 15.3. The number of amides is 1. The highest BCUT2D eigenvalue weighted by atomic mass is 19.1. The molecule has 0 radical (unpaired) electrons. The lowest BCUT2D eigenvalue weighted by atomic mass is 9.83. The van der Waals surface area contributed by atoms with Gasteiger partial charge in [0.25, 0.3) is 0 Å². The van der Waals surface area contributed by atoms with E-state index in [1.54, 1.807) is 20.3 Å². The first-order valence-electron chi connectivity index (χ1n) is 10.9. The molecule has 1 saturated heterocycles. The van der Waals surface area contributed by atoms with Gasteiger partial charge in [-0.3, -0.25) is 9.69 Å². The molecule has 6 heteroatoms. The minimum absolute atomic E-state index is 0.0182. The van der Waals surface area contributed by atoms with E-state index in [4.69, 9.17) is 9.15 Å². The number of methoxy groups -OCH3 is 1. The lowest BCUT2D eigenvalue weighted by Crippen LogP contribution is -2.45. The first kappa shape index (κ1) is 22.1. The summed E-state index contributed by atoms with van der Waals surface area (Å²) in [5.41, 5.74) is 2.87. The third kappa shape index (κ3) is 5.37. The fourth-order valence-corrected chi connectivity index (χ4v) is 4.39. The molecule has 2 unspecified atom stereocenters. The van der Waals surface area contributed by atoms with Crippen molar-refractivity contribution in [3.05, 3.63) is 89.1 Å². The van der Waals surface area contributed by atoms with Crippen molar-refractivity contribution in [2.24, 2.45) is 5.92 Å². The van der Waals surface area contributed by atoms with E-state index in [2.05, 4.69) is 22.3 Å². The van der Waals surface area contributed by atoms with E-state index >= 15 is 0 Å². The summed E-state index contributed by atoms with van der Waals surface area (Å²) >= 11 is 0. The Balaban J connectivity index is 1.50. The first-order valence-corrected chi connectivity index (χ1v) is 10.9. The molecule has 32 heavy (non-hydrogen) atoms. The molecule has 1 N–H and O–H groups in total. The maximum absolute atomic E-state index is 13.8. The molecular formula is C26H29FN2O3. The second-order valence-electron chi connectivity index (χ2n) is 8.48. The van der Waals surface area contributed by atoms with Crippen LogP contribution in [0.2, 0.25) is 0 Å². The van der Waals surface area contributed by atoms with E-state index in [0.29, 0.717) is 18.7 Å². The molecule has 0 saturated carbocycles. The van der Waals surface area contributed by atoms with Gasteiger partial charge in [0.15, 0.2) is 0 Å². The Morgan fingerprint density at radius 2 is 2.00 bits per heavy atom. The van der Waals surface area contributed by atoms with Crippen molar-refractivity contribution in [3.8, 4) is 5.75 Å². The number of carbonyl (C=O) groups excluding carboxylic acids is 1. The van der Waals surface area contributed by atoms with Crippen molar-refractivity contribution in [1.82, 2.24) is 10.2 Å².